The molecule has 0 radical (unpaired) electrons. The quantitative estimate of drug-likeness (QED) is 0.653. The van der Waals surface area contributed by atoms with Gasteiger partial charge in [-0.2, -0.15) is 0 Å². The molecule has 2 aromatic carbocycles. The van der Waals surface area contributed by atoms with Gasteiger partial charge in [-0.3, -0.25) is 9.10 Å². The van der Waals surface area contributed by atoms with Crippen LogP contribution in [0, 0.1) is 5.82 Å². The summed E-state index contributed by atoms with van der Waals surface area (Å²) in [6.45, 7) is 2.83. The van der Waals surface area contributed by atoms with Gasteiger partial charge in [-0.1, -0.05) is 0 Å². The molecule has 1 N–H and O–H groups in total. The number of nitrogens with zero attached hydrogens (tertiary/aromatic N) is 1. The predicted molar refractivity (Wildman–Crippen MR) is 111 cm³/mol. The molecule has 0 aromatic heterocycles. The maximum absolute atomic E-state index is 13.4. The van der Waals surface area contributed by atoms with Crippen molar-refractivity contribution in [3.8, 4) is 5.75 Å². The van der Waals surface area contributed by atoms with Crippen LogP contribution >= 0.6 is 0 Å². The Hall–Kier alpha value is -2.65. The van der Waals surface area contributed by atoms with Crippen molar-refractivity contribution in [1.29, 1.82) is 0 Å². The number of hydrogen-bond donors (Lipinski definition) is 1. The van der Waals surface area contributed by atoms with Gasteiger partial charge in [0.2, 0.25) is 5.91 Å². The minimum Gasteiger partial charge on any atom is -0.494 e. The van der Waals surface area contributed by atoms with Crippen molar-refractivity contribution in [1.82, 2.24) is 5.32 Å². The molecule has 1 amide bonds. The molecule has 1 atom stereocenters. The van der Waals surface area contributed by atoms with E-state index in [4.69, 9.17) is 9.47 Å². The van der Waals surface area contributed by atoms with E-state index in [1.165, 1.54) is 24.3 Å². The molecule has 1 saturated heterocycles. The molecular weight excluding hydrogens is 411 g/mol. The standard InChI is InChI=1S/C21H25FN2O5S/c1-2-28-18-9-11-20(12-10-18)30(26,27)24(17-7-5-16(22)6-8-17)15-21(25)23-14-19-4-3-13-29-19/h5-12,19H,2-4,13-15H2,1H3,(H,23,25)/t19-/m1/s1. The highest BCUT2D eigenvalue weighted by atomic mass is 32.2. The number of carbonyl (C=O) groups is 1. The lowest BCUT2D eigenvalue weighted by Gasteiger charge is -2.24. The van der Waals surface area contributed by atoms with Crippen molar-refractivity contribution in [2.24, 2.45) is 0 Å². The molecule has 0 spiro atoms. The first-order valence-electron chi connectivity index (χ1n) is 9.79. The number of carbonyl (C=O) groups excluding carboxylic acids is 1. The van der Waals surface area contributed by atoms with E-state index >= 15 is 0 Å². The normalized spacial score (nSPS) is 16.3. The molecule has 1 aliphatic rings. The van der Waals surface area contributed by atoms with Crippen LogP contribution in [0.1, 0.15) is 19.8 Å². The molecule has 1 heterocycles. The summed E-state index contributed by atoms with van der Waals surface area (Å²) in [6, 6.07) is 10.9. The van der Waals surface area contributed by atoms with Gasteiger partial charge in [0, 0.05) is 13.2 Å². The van der Waals surface area contributed by atoms with Gasteiger partial charge in [0.15, 0.2) is 0 Å². The molecule has 0 aliphatic carbocycles. The van der Waals surface area contributed by atoms with Gasteiger partial charge in [-0.25, -0.2) is 12.8 Å². The summed E-state index contributed by atoms with van der Waals surface area (Å²) >= 11 is 0. The molecule has 1 aliphatic heterocycles. The Morgan fingerprint density at radius 2 is 1.90 bits per heavy atom. The van der Waals surface area contributed by atoms with Crippen molar-refractivity contribution < 1.29 is 27.1 Å². The van der Waals surface area contributed by atoms with Crippen LogP contribution in [0.25, 0.3) is 0 Å². The number of halogens is 1. The summed E-state index contributed by atoms with van der Waals surface area (Å²) in [6.07, 6.45) is 1.73. The first-order valence-corrected chi connectivity index (χ1v) is 11.2. The van der Waals surface area contributed by atoms with Gasteiger partial charge in [-0.05, 0) is 68.3 Å². The third-order valence-electron chi connectivity index (χ3n) is 4.68. The second-order valence-corrected chi connectivity index (χ2v) is 8.69. The number of anilines is 1. The van der Waals surface area contributed by atoms with E-state index < -0.39 is 28.3 Å². The lowest BCUT2D eigenvalue weighted by molar-refractivity contribution is -0.120. The largest absolute Gasteiger partial charge is 0.494 e. The number of hydrogen-bond acceptors (Lipinski definition) is 5. The van der Waals surface area contributed by atoms with Crippen LogP contribution in [0.15, 0.2) is 53.4 Å². The van der Waals surface area contributed by atoms with E-state index in [1.807, 2.05) is 6.92 Å². The van der Waals surface area contributed by atoms with Crippen molar-refractivity contribution in [2.45, 2.75) is 30.8 Å². The van der Waals surface area contributed by atoms with Gasteiger partial charge in [0.05, 0.1) is 23.3 Å². The molecule has 2 aromatic rings. The van der Waals surface area contributed by atoms with Gasteiger partial charge in [0.1, 0.15) is 18.1 Å². The SMILES string of the molecule is CCOc1ccc(S(=O)(=O)N(CC(=O)NC[C@H]2CCCO2)c2ccc(F)cc2)cc1. The summed E-state index contributed by atoms with van der Waals surface area (Å²) in [5, 5.41) is 2.72. The zero-order valence-corrected chi connectivity index (χ0v) is 17.5. The number of ether oxygens (including phenoxy) is 2. The maximum Gasteiger partial charge on any atom is 0.264 e. The summed E-state index contributed by atoms with van der Waals surface area (Å²) in [7, 11) is -4.07. The average Bonchev–Trinajstić information content (AvgIpc) is 3.26. The summed E-state index contributed by atoms with van der Waals surface area (Å²) < 4.78 is 51.7. The van der Waals surface area contributed by atoms with Crippen LogP contribution in [0.5, 0.6) is 5.75 Å². The molecule has 0 unspecified atom stereocenters. The Balaban J connectivity index is 1.82. The fourth-order valence-corrected chi connectivity index (χ4v) is 4.56. The Kier molecular flexibility index (Phi) is 7.28. The Morgan fingerprint density at radius 3 is 2.50 bits per heavy atom. The van der Waals surface area contributed by atoms with Crippen LogP contribution in [-0.2, 0) is 19.6 Å². The minimum atomic E-state index is -4.07. The van der Waals surface area contributed by atoms with Crippen LogP contribution in [-0.4, -0.2) is 46.7 Å². The number of amides is 1. The van der Waals surface area contributed by atoms with E-state index in [-0.39, 0.29) is 16.7 Å². The summed E-state index contributed by atoms with van der Waals surface area (Å²) in [5.41, 5.74) is 0.192. The van der Waals surface area contributed by atoms with E-state index in [9.17, 15) is 17.6 Å². The Labute approximate surface area is 175 Å². The van der Waals surface area contributed by atoms with Crippen LogP contribution < -0.4 is 14.4 Å². The zero-order chi connectivity index (χ0) is 21.6. The van der Waals surface area contributed by atoms with Crippen LogP contribution in [0.4, 0.5) is 10.1 Å². The fraction of sp³-hybridized carbons (Fsp3) is 0.381. The third-order valence-corrected chi connectivity index (χ3v) is 6.46. The highest BCUT2D eigenvalue weighted by Gasteiger charge is 2.28. The number of rotatable bonds is 9. The van der Waals surface area contributed by atoms with Crippen molar-refractivity contribution in [2.75, 3.05) is 30.6 Å². The number of sulfonamides is 1. The molecule has 30 heavy (non-hydrogen) atoms. The first kappa shape index (κ1) is 22.0. The van der Waals surface area contributed by atoms with Gasteiger partial charge < -0.3 is 14.8 Å². The van der Waals surface area contributed by atoms with E-state index in [0.717, 1.165) is 29.3 Å². The first-order chi connectivity index (χ1) is 14.4. The number of benzene rings is 2. The monoisotopic (exact) mass is 436 g/mol. The molecule has 0 saturated carbocycles. The smallest absolute Gasteiger partial charge is 0.264 e. The van der Waals surface area contributed by atoms with Gasteiger partial charge in [-0.15, -0.1) is 0 Å². The summed E-state index contributed by atoms with van der Waals surface area (Å²) in [4.78, 5) is 12.5. The topological polar surface area (TPSA) is 84.9 Å². The van der Waals surface area contributed by atoms with Crippen LogP contribution in [0.2, 0.25) is 0 Å². The number of nitrogens with one attached hydrogen (secondary N) is 1. The molecule has 162 valence electrons. The van der Waals surface area contributed by atoms with E-state index in [2.05, 4.69) is 5.32 Å². The van der Waals surface area contributed by atoms with Crippen molar-refractivity contribution in [3.05, 3.63) is 54.3 Å². The van der Waals surface area contributed by atoms with Crippen LogP contribution in [0.3, 0.4) is 0 Å². The van der Waals surface area contributed by atoms with Gasteiger partial charge >= 0.3 is 0 Å². The lowest BCUT2D eigenvalue weighted by atomic mass is 10.2. The van der Waals surface area contributed by atoms with E-state index in [1.54, 1.807) is 12.1 Å². The highest BCUT2D eigenvalue weighted by molar-refractivity contribution is 7.92. The molecular formula is C21H25FN2O5S. The average molecular weight is 437 g/mol. The molecule has 1 fully saturated rings. The zero-order valence-electron chi connectivity index (χ0n) is 16.7. The predicted octanol–water partition coefficient (Wildman–Crippen LogP) is 2.71. The lowest BCUT2D eigenvalue weighted by Crippen LogP contribution is -2.42. The van der Waals surface area contributed by atoms with E-state index in [0.29, 0.717) is 25.5 Å². The minimum absolute atomic E-state index is 0.00204. The summed E-state index contributed by atoms with van der Waals surface area (Å²) in [5.74, 6) is -0.427. The fourth-order valence-electron chi connectivity index (χ4n) is 3.14. The second-order valence-electron chi connectivity index (χ2n) is 6.83. The Bertz CT molecular complexity index is 942. The maximum atomic E-state index is 13.4. The molecule has 0 bridgehead atoms. The molecule has 3 rings (SSSR count). The second kappa shape index (κ2) is 9.90. The van der Waals surface area contributed by atoms with Gasteiger partial charge in [0.25, 0.3) is 10.0 Å². The molecule has 9 heteroatoms. The van der Waals surface area contributed by atoms with Crippen molar-refractivity contribution in [3.63, 3.8) is 0 Å². The Morgan fingerprint density at radius 1 is 1.20 bits per heavy atom. The molecule has 7 nitrogen and oxygen atoms in total. The van der Waals surface area contributed by atoms with Crippen molar-refractivity contribution >= 4 is 21.6 Å². The third kappa shape index (κ3) is 5.48. The highest BCUT2D eigenvalue weighted by Crippen LogP contribution is 2.25.